The number of ether oxygens (including phenoxy) is 3. The zero-order chi connectivity index (χ0) is 22.5. The summed E-state index contributed by atoms with van der Waals surface area (Å²) in [5.41, 5.74) is 1.62. The van der Waals surface area contributed by atoms with Crippen LogP contribution in [0.2, 0.25) is 0 Å². The van der Waals surface area contributed by atoms with Gasteiger partial charge in [-0.05, 0) is 49.7 Å². The van der Waals surface area contributed by atoms with Gasteiger partial charge in [0.2, 0.25) is 12.7 Å². The number of aromatic nitrogens is 3. The molecule has 1 amide bonds. The number of nitrogens with one attached hydrogen (secondary N) is 1. The van der Waals surface area contributed by atoms with Crippen LogP contribution in [0.25, 0.3) is 11.4 Å². The van der Waals surface area contributed by atoms with E-state index in [0.29, 0.717) is 17.2 Å². The Hall–Kier alpha value is -3.20. The molecule has 4 rings (SSSR count). The predicted molar refractivity (Wildman–Crippen MR) is 123 cm³/mol. The standard InChI is InChI=1S/C23H26N4O4S/c1-4-5-12-27-21(16-6-9-18(29-3)10-7-16)25-26-23(27)32-15(2)22(28)24-17-8-11-19-20(13-17)31-14-30-19/h6-11,13,15H,4-5,12,14H2,1-3H3,(H,24,28)/t15-/m0/s1. The van der Waals surface area contributed by atoms with Crippen LogP contribution in [0.3, 0.4) is 0 Å². The highest BCUT2D eigenvalue weighted by molar-refractivity contribution is 8.00. The Morgan fingerprint density at radius 3 is 2.72 bits per heavy atom. The third kappa shape index (κ3) is 4.83. The van der Waals surface area contributed by atoms with Gasteiger partial charge in [-0.1, -0.05) is 25.1 Å². The summed E-state index contributed by atoms with van der Waals surface area (Å²) in [6, 6.07) is 13.1. The summed E-state index contributed by atoms with van der Waals surface area (Å²) >= 11 is 1.39. The maximum absolute atomic E-state index is 12.8. The van der Waals surface area contributed by atoms with E-state index in [9.17, 15) is 4.79 Å². The second-order valence-corrected chi connectivity index (χ2v) is 8.67. The minimum Gasteiger partial charge on any atom is -0.497 e. The van der Waals surface area contributed by atoms with E-state index in [0.717, 1.165) is 41.7 Å². The van der Waals surface area contributed by atoms with E-state index in [1.54, 1.807) is 25.3 Å². The van der Waals surface area contributed by atoms with Crippen LogP contribution in [-0.4, -0.2) is 39.8 Å². The Labute approximate surface area is 191 Å². The molecule has 0 spiro atoms. The number of rotatable bonds is 9. The van der Waals surface area contributed by atoms with Crippen molar-refractivity contribution in [2.24, 2.45) is 0 Å². The monoisotopic (exact) mass is 454 g/mol. The van der Waals surface area contributed by atoms with E-state index in [2.05, 4.69) is 27.0 Å². The first-order valence-corrected chi connectivity index (χ1v) is 11.4. The normalized spacial score (nSPS) is 13.1. The van der Waals surface area contributed by atoms with Crippen molar-refractivity contribution in [1.29, 1.82) is 0 Å². The molecule has 1 atom stereocenters. The van der Waals surface area contributed by atoms with Crippen molar-refractivity contribution in [3.8, 4) is 28.6 Å². The maximum Gasteiger partial charge on any atom is 0.237 e. The number of benzene rings is 2. The topological polar surface area (TPSA) is 87.5 Å². The van der Waals surface area contributed by atoms with Crippen molar-refractivity contribution in [2.75, 3.05) is 19.2 Å². The molecule has 3 aromatic rings. The SMILES string of the molecule is CCCCn1c(S[C@@H](C)C(=O)Nc2ccc3c(c2)OCO3)nnc1-c1ccc(OC)cc1. The van der Waals surface area contributed by atoms with Gasteiger partial charge in [0.05, 0.1) is 12.4 Å². The van der Waals surface area contributed by atoms with Gasteiger partial charge >= 0.3 is 0 Å². The first-order chi connectivity index (χ1) is 15.6. The number of hydrogen-bond acceptors (Lipinski definition) is 7. The highest BCUT2D eigenvalue weighted by Crippen LogP contribution is 2.35. The van der Waals surface area contributed by atoms with Gasteiger partial charge in [-0.15, -0.1) is 10.2 Å². The number of unbranched alkanes of at least 4 members (excludes halogenated alkanes) is 1. The van der Waals surface area contributed by atoms with Gasteiger partial charge in [0, 0.05) is 23.9 Å². The lowest BCUT2D eigenvalue weighted by molar-refractivity contribution is -0.115. The molecule has 2 heterocycles. The molecule has 0 bridgehead atoms. The first kappa shape index (κ1) is 22.0. The van der Waals surface area contributed by atoms with Crippen molar-refractivity contribution in [3.05, 3.63) is 42.5 Å². The Bertz CT molecular complexity index is 1080. The van der Waals surface area contributed by atoms with Gasteiger partial charge in [0.25, 0.3) is 0 Å². The average molecular weight is 455 g/mol. The molecule has 0 saturated carbocycles. The van der Waals surface area contributed by atoms with Gasteiger partial charge in [-0.2, -0.15) is 0 Å². The molecule has 8 nitrogen and oxygen atoms in total. The van der Waals surface area contributed by atoms with Gasteiger partial charge in [0.15, 0.2) is 22.5 Å². The fraction of sp³-hybridized carbons (Fsp3) is 0.348. The molecule has 1 aliphatic rings. The Morgan fingerprint density at radius 1 is 1.19 bits per heavy atom. The van der Waals surface area contributed by atoms with Gasteiger partial charge < -0.3 is 24.1 Å². The number of carbonyl (C=O) groups excluding carboxylic acids is 1. The summed E-state index contributed by atoms with van der Waals surface area (Å²) in [7, 11) is 1.64. The number of carbonyl (C=O) groups is 1. The fourth-order valence-corrected chi connectivity index (χ4v) is 4.15. The van der Waals surface area contributed by atoms with E-state index in [4.69, 9.17) is 14.2 Å². The number of amides is 1. The number of anilines is 1. The maximum atomic E-state index is 12.8. The lowest BCUT2D eigenvalue weighted by Gasteiger charge is -2.14. The highest BCUT2D eigenvalue weighted by atomic mass is 32.2. The Morgan fingerprint density at radius 2 is 1.97 bits per heavy atom. The number of nitrogens with zero attached hydrogens (tertiary/aromatic N) is 3. The fourth-order valence-electron chi connectivity index (χ4n) is 3.28. The largest absolute Gasteiger partial charge is 0.497 e. The molecule has 9 heteroatoms. The zero-order valence-corrected chi connectivity index (χ0v) is 19.1. The van der Waals surface area contributed by atoms with Crippen LogP contribution in [0.5, 0.6) is 17.2 Å². The second kappa shape index (κ2) is 9.95. The molecule has 168 valence electrons. The smallest absolute Gasteiger partial charge is 0.237 e. The average Bonchev–Trinajstić information content (AvgIpc) is 3.44. The third-order valence-corrected chi connectivity index (χ3v) is 6.17. The third-order valence-electron chi connectivity index (χ3n) is 5.09. The van der Waals surface area contributed by atoms with Crippen molar-refractivity contribution in [1.82, 2.24) is 14.8 Å². The van der Waals surface area contributed by atoms with E-state index in [1.165, 1.54) is 11.8 Å². The summed E-state index contributed by atoms with van der Waals surface area (Å²) in [5.74, 6) is 2.76. The molecule has 0 aliphatic carbocycles. The van der Waals surface area contributed by atoms with Crippen LogP contribution < -0.4 is 19.5 Å². The molecule has 1 aliphatic heterocycles. The van der Waals surface area contributed by atoms with E-state index in [-0.39, 0.29) is 18.0 Å². The summed E-state index contributed by atoms with van der Waals surface area (Å²) in [6.45, 7) is 4.98. The molecular formula is C23H26N4O4S. The van der Waals surface area contributed by atoms with Crippen LogP contribution in [-0.2, 0) is 11.3 Å². The number of hydrogen-bond donors (Lipinski definition) is 1. The highest BCUT2D eigenvalue weighted by Gasteiger charge is 2.22. The first-order valence-electron chi connectivity index (χ1n) is 10.5. The summed E-state index contributed by atoms with van der Waals surface area (Å²) in [6.07, 6.45) is 2.04. The lowest BCUT2D eigenvalue weighted by atomic mass is 10.2. The van der Waals surface area contributed by atoms with Crippen LogP contribution in [0.1, 0.15) is 26.7 Å². The number of methoxy groups -OCH3 is 1. The second-order valence-electron chi connectivity index (χ2n) is 7.36. The van der Waals surface area contributed by atoms with Crippen LogP contribution in [0.4, 0.5) is 5.69 Å². The lowest BCUT2D eigenvalue weighted by Crippen LogP contribution is -2.23. The van der Waals surface area contributed by atoms with E-state index < -0.39 is 0 Å². The predicted octanol–water partition coefficient (Wildman–Crippen LogP) is 4.60. The van der Waals surface area contributed by atoms with E-state index in [1.807, 2.05) is 31.2 Å². The Balaban J connectivity index is 1.49. The number of thioether (sulfide) groups is 1. The van der Waals surface area contributed by atoms with Crippen LogP contribution in [0, 0.1) is 0 Å². The molecule has 0 radical (unpaired) electrons. The molecular weight excluding hydrogens is 428 g/mol. The summed E-state index contributed by atoms with van der Waals surface area (Å²) < 4.78 is 18.0. The van der Waals surface area contributed by atoms with Gasteiger partial charge in [0.1, 0.15) is 5.75 Å². The van der Waals surface area contributed by atoms with Gasteiger partial charge in [-0.25, -0.2) is 0 Å². The molecule has 0 fully saturated rings. The van der Waals surface area contributed by atoms with Crippen LogP contribution >= 0.6 is 11.8 Å². The molecule has 1 N–H and O–H groups in total. The molecule has 0 unspecified atom stereocenters. The van der Waals surface area contributed by atoms with Crippen LogP contribution in [0.15, 0.2) is 47.6 Å². The molecule has 1 aromatic heterocycles. The van der Waals surface area contributed by atoms with Crippen molar-refractivity contribution < 1.29 is 19.0 Å². The van der Waals surface area contributed by atoms with Crippen molar-refractivity contribution in [2.45, 2.75) is 43.6 Å². The Kier molecular flexibility index (Phi) is 6.84. The van der Waals surface area contributed by atoms with Crippen molar-refractivity contribution in [3.63, 3.8) is 0 Å². The van der Waals surface area contributed by atoms with E-state index >= 15 is 0 Å². The molecule has 2 aromatic carbocycles. The minimum absolute atomic E-state index is 0.120. The number of fused-ring (bicyclic) bond motifs is 1. The van der Waals surface area contributed by atoms with Crippen molar-refractivity contribution >= 4 is 23.4 Å². The summed E-state index contributed by atoms with van der Waals surface area (Å²) in [4.78, 5) is 12.8. The van der Waals surface area contributed by atoms with Gasteiger partial charge in [-0.3, -0.25) is 4.79 Å². The minimum atomic E-state index is -0.367. The zero-order valence-electron chi connectivity index (χ0n) is 18.3. The summed E-state index contributed by atoms with van der Waals surface area (Å²) in [5, 5.41) is 12.1. The quantitative estimate of drug-likeness (QED) is 0.473. The molecule has 0 saturated heterocycles. The molecule has 32 heavy (non-hydrogen) atoms.